The van der Waals surface area contributed by atoms with Crippen LogP contribution in [0, 0.1) is 0 Å². The molecule has 0 aliphatic rings. The average molecular weight is 798 g/mol. The maximum atomic E-state index is 12.8. The lowest BCUT2D eigenvalue weighted by Gasteiger charge is -2.25. The van der Waals surface area contributed by atoms with Crippen molar-refractivity contribution in [3.05, 3.63) is 210 Å². The molecule has 0 aliphatic heterocycles. The van der Waals surface area contributed by atoms with Crippen molar-refractivity contribution in [3.63, 3.8) is 0 Å². The Labute approximate surface area is 349 Å². The topological polar surface area (TPSA) is 108 Å². The first kappa shape index (κ1) is 41.8. The molecule has 300 valence electrons. The van der Waals surface area contributed by atoms with E-state index in [-0.39, 0.29) is 31.0 Å². The van der Waals surface area contributed by atoms with Crippen molar-refractivity contribution in [1.29, 1.82) is 0 Å². The average Bonchev–Trinajstić information content (AvgIpc) is 3.30. The number of anilines is 3. The predicted molar refractivity (Wildman–Crippen MR) is 234 cm³/mol. The van der Waals surface area contributed by atoms with Crippen LogP contribution in [0.5, 0.6) is 0 Å². The number of para-hydroxylation sites is 1. The number of esters is 4. The summed E-state index contributed by atoms with van der Waals surface area (Å²) < 4.78 is 20.1. The number of methoxy groups -OCH3 is 1. The van der Waals surface area contributed by atoms with Gasteiger partial charge in [-0.1, -0.05) is 110 Å². The first-order chi connectivity index (χ1) is 29.1. The third-order valence-electron chi connectivity index (χ3n) is 9.37. The highest BCUT2D eigenvalue weighted by Gasteiger charge is 2.17. The van der Waals surface area contributed by atoms with E-state index < -0.39 is 23.9 Å². The molecule has 6 rings (SSSR count). The highest BCUT2D eigenvalue weighted by molar-refractivity contribution is 5.95. The van der Waals surface area contributed by atoms with E-state index in [0.717, 1.165) is 50.5 Å². The first-order valence-electron chi connectivity index (χ1n) is 19.1. The van der Waals surface area contributed by atoms with E-state index in [4.69, 9.17) is 14.2 Å². The number of benzene rings is 6. The van der Waals surface area contributed by atoms with Gasteiger partial charge in [0.1, 0.15) is 13.2 Å². The van der Waals surface area contributed by atoms with Crippen LogP contribution in [-0.4, -0.2) is 50.8 Å². The Bertz CT molecular complexity index is 2490. The number of ether oxygens (including phenoxy) is 4. The van der Waals surface area contributed by atoms with E-state index in [1.165, 1.54) is 7.11 Å². The standard InChI is InChI=1S/C51H43NO8/c1-5-58-49(54)36(3)34-60-51(56)43-26-30-46(31-27-43)52(44-14-10-7-11-15-44)45-28-24-39(25-29-45)38-18-16-37(17-19-38)32-47(40-12-8-6-9-13-40)41-20-22-42(23-21-41)50(55)59-33-35(2)48(53)57-4/h6-32H,2-3,5,33-34H2,1,4H3. The van der Waals surface area contributed by atoms with Gasteiger partial charge in [0, 0.05) is 17.1 Å². The van der Waals surface area contributed by atoms with Crippen LogP contribution in [0.15, 0.2) is 182 Å². The van der Waals surface area contributed by atoms with Gasteiger partial charge >= 0.3 is 23.9 Å². The van der Waals surface area contributed by atoms with Gasteiger partial charge in [-0.2, -0.15) is 0 Å². The minimum Gasteiger partial charge on any atom is -0.466 e. The molecule has 9 nitrogen and oxygen atoms in total. The second-order valence-corrected chi connectivity index (χ2v) is 13.5. The van der Waals surface area contributed by atoms with Gasteiger partial charge < -0.3 is 23.8 Å². The molecule has 0 bridgehead atoms. The van der Waals surface area contributed by atoms with Gasteiger partial charge in [0.15, 0.2) is 0 Å². The summed E-state index contributed by atoms with van der Waals surface area (Å²) in [5, 5.41) is 0. The Morgan fingerprint density at radius 1 is 0.500 bits per heavy atom. The van der Waals surface area contributed by atoms with Crippen LogP contribution in [0.1, 0.15) is 44.3 Å². The highest BCUT2D eigenvalue weighted by atomic mass is 16.6. The quantitative estimate of drug-likeness (QED) is 0.0409. The molecule has 0 fully saturated rings. The van der Waals surface area contributed by atoms with Crippen molar-refractivity contribution in [2.45, 2.75) is 6.92 Å². The summed E-state index contributed by atoms with van der Waals surface area (Å²) in [7, 11) is 1.24. The van der Waals surface area contributed by atoms with Crippen LogP contribution < -0.4 is 4.90 Å². The Hall–Kier alpha value is -7.78. The van der Waals surface area contributed by atoms with Gasteiger partial charge in [-0.05, 0) is 107 Å². The number of hydrogen-bond donors (Lipinski definition) is 0. The molecule has 0 radical (unpaired) electrons. The van der Waals surface area contributed by atoms with E-state index in [2.05, 4.69) is 77.4 Å². The minimum atomic E-state index is -0.630. The van der Waals surface area contributed by atoms with Crippen LogP contribution >= 0.6 is 0 Å². The zero-order valence-corrected chi connectivity index (χ0v) is 33.3. The molecule has 0 N–H and O–H groups in total. The molecule has 6 aromatic carbocycles. The Balaban J connectivity index is 1.19. The molecule has 0 spiro atoms. The smallest absolute Gasteiger partial charge is 0.338 e. The van der Waals surface area contributed by atoms with Gasteiger partial charge in [-0.15, -0.1) is 0 Å². The van der Waals surface area contributed by atoms with Crippen molar-refractivity contribution in [2.24, 2.45) is 0 Å². The molecule has 0 heterocycles. The van der Waals surface area contributed by atoms with Gasteiger partial charge in [-0.25, -0.2) is 19.2 Å². The second-order valence-electron chi connectivity index (χ2n) is 13.5. The summed E-state index contributed by atoms with van der Waals surface area (Å²) in [5.74, 6) is -2.37. The van der Waals surface area contributed by atoms with Crippen LogP contribution in [0.4, 0.5) is 17.1 Å². The molecular formula is C51H43NO8. The molecule has 6 aromatic rings. The lowest BCUT2D eigenvalue weighted by molar-refractivity contribution is -0.139. The molecule has 0 aromatic heterocycles. The molecule has 0 atom stereocenters. The lowest BCUT2D eigenvalue weighted by Crippen LogP contribution is -2.15. The van der Waals surface area contributed by atoms with Crippen molar-refractivity contribution in [2.75, 3.05) is 31.8 Å². The van der Waals surface area contributed by atoms with Gasteiger partial charge in [0.05, 0.1) is 36.0 Å². The Morgan fingerprint density at radius 3 is 1.43 bits per heavy atom. The predicted octanol–water partition coefficient (Wildman–Crippen LogP) is 10.6. The fourth-order valence-electron chi connectivity index (χ4n) is 6.22. The number of hydrogen-bond acceptors (Lipinski definition) is 9. The summed E-state index contributed by atoms with van der Waals surface area (Å²) in [4.78, 5) is 51.0. The molecule has 0 saturated carbocycles. The van der Waals surface area contributed by atoms with Gasteiger partial charge in [-0.3, -0.25) is 0 Å². The number of nitrogens with zero attached hydrogens (tertiary/aromatic N) is 1. The number of carbonyl (C=O) groups is 4. The Kier molecular flexibility index (Phi) is 14.0. The second kappa shape index (κ2) is 20.1. The summed E-state index contributed by atoms with van der Waals surface area (Å²) >= 11 is 0. The highest BCUT2D eigenvalue weighted by Crippen LogP contribution is 2.36. The van der Waals surface area contributed by atoms with Gasteiger partial charge in [0.2, 0.25) is 0 Å². The van der Waals surface area contributed by atoms with E-state index in [0.29, 0.717) is 11.1 Å². The summed E-state index contributed by atoms with van der Waals surface area (Å²) in [5.41, 5.74) is 9.45. The van der Waals surface area contributed by atoms with Crippen molar-refractivity contribution in [1.82, 2.24) is 0 Å². The van der Waals surface area contributed by atoms with Crippen molar-refractivity contribution >= 4 is 52.6 Å². The van der Waals surface area contributed by atoms with E-state index in [1.54, 1.807) is 31.2 Å². The van der Waals surface area contributed by atoms with E-state index in [9.17, 15) is 19.2 Å². The van der Waals surface area contributed by atoms with Crippen LogP contribution in [0.25, 0.3) is 22.8 Å². The molecule has 0 unspecified atom stereocenters. The normalized spacial score (nSPS) is 10.9. The third-order valence-corrected chi connectivity index (χ3v) is 9.37. The summed E-state index contributed by atoms with van der Waals surface area (Å²) in [6, 6.07) is 50.7. The minimum absolute atomic E-state index is 0.0508. The van der Waals surface area contributed by atoms with E-state index >= 15 is 0 Å². The molecular weight excluding hydrogens is 755 g/mol. The third kappa shape index (κ3) is 10.6. The summed E-state index contributed by atoms with van der Waals surface area (Å²) in [6.07, 6.45) is 2.11. The maximum Gasteiger partial charge on any atom is 0.338 e. The Morgan fingerprint density at radius 2 is 0.917 bits per heavy atom. The van der Waals surface area contributed by atoms with E-state index in [1.807, 2.05) is 84.9 Å². The zero-order chi connectivity index (χ0) is 42.4. The van der Waals surface area contributed by atoms with Crippen molar-refractivity contribution in [3.8, 4) is 11.1 Å². The molecule has 0 saturated heterocycles. The van der Waals surface area contributed by atoms with Gasteiger partial charge in [0.25, 0.3) is 0 Å². The van der Waals surface area contributed by atoms with Crippen molar-refractivity contribution < 1.29 is 38.1 Å². The molecule has 9 heteroatoms. The number of rotatable bonds is 16. The SMILES string of the molecule is C=C(COC(=O)c1ccc(C(=Cc2ccc(-c3ccc(N(c4ccccc4)c4ccc(C(=O)OCC(=C)C(=O)OCC)cc4)cc3)cc2)c2ccccc2)cc1)C(=O)OC. The van der Waals surface area contributed by atoms with Crippen LogP contribution in [0.2, 0.25) is 0 Å². The maximum absolute atomic E-state index is 12.8. The summed E-state index contributed by atoms with van der Waals surface area (Å²) in [6.45, 7) is 8.62. The monoisotopic (exact) mass is 797 g/mol. The lowest BCUT2D eigenvalue weighted by atomic mass is 9.94. The number of carbonyl (C=O) groups excluding carboxylic acids is 4. The first-order valence-corrected chi connectivity index (χ1v) is 19.1. The zero-order valence-electron chi connectivity index (χ0n) is 33.3. The van der Waals surface area contributed by atoms with Crippen LogP contribution in [-0.2, 0) is 28.5 Å². The fraction of sp³-hybridized carbons (Fsp3) is 0.0980. The van der Waals surface area contributed by atoms with Crippen LogP contribution in [0.3, 0.4) is 0 Å². The largest absolute Gasteiger partial charge is 0.466 e. The molecule has 0 amide bonds. The molecule has 60 heavy (non-hydrogen) atoms. The fourth-order valence-corrected chi connectivity index (χ4v) is 6.22. The molecule has 0 aliphatic carbocycles.